The highest BCUT2D eigenvalue weighted by atomic mass is 32.2. The summed E-state index contributed by atoms with van der Waals surface area (Å²) in [5.41, 5.74) is 0.145. The maximum Gasteiger partial charge on any atom is 0.272 e. The number of hydrogen-bond acceptors (Lipinski definition) is 8. The minimum Gasteiger partial charge on any atom is -0.438 e. The van der Waals surface area contributed by atoms with Crippen LogP contribution >= 0.6 is 0 Å². The summed E-state index contributed by atoms with van der Waals surface area (Å²) in [4.78, 5) is 22.7. The van der Waals surface area contributed by atoms with Crippen molar-refractivity contribution in [3.05, 3.63) is 39.6 Å². The normalized spacial score (nSPS) is 11.6. The molecule has 0 saturated carbocycles. The van der Waals surface area contributed by atoms with Gasteiger partial charge < -0.3 is 14.8 Å². The number of rotatable bonds is 12. The van der Waals surface area contributed by atoms with E-state index in [0.29, 0.717) is 12.1 Å². The van der Waals surface area contributed by atoms with Gasteiger partial charge in [0, 0.05) is 37.9 Å². The molecule has 0 aliphatic heterocycles. The van der Waals surface area contributed by atoms with Crippen molar-refractivity contribution in [2.75, 3.05) is 26.8 Å². The SMILES string of the molecule is CCCNC(=O)c1nn(C(C)C)c(Oc2ccc([N+](=O)[O-])cc2S(=O)(=O)NCCOC)c1C. The molecule has 0 spiro atoms. The lowest BCUT2D eigenvalue weighted by Crippen LogP contribution is -2.27. The molecule has 1 heterocycles. The fourth-order valence-corrected chi connectivity index (χ4v) is 4.04. The number of nitrogens with one attached hydrogen (secondary N) is 2. The molecule has 33 heavy (non-hydrogen) atoms. The first-order chi connectivity index (χ1) is 15.5. The Morgan fingerprint density at radius 3 is 2.58 bits per heavy atom. The van der Waals surface area contributed by atoms with Crippen LogP contribution in [0.25, 0.3) is 0 Å². The predicted molar refractivity (Wildman–Crippen MR) is 120 cm³/mol. The highest BCUT2D eigenvalue weighted by Crippen LogP contribution is 2.35. The van der Waals surface area contributed by atoms with E-state index < -0.39 is 25.5 Å². The number of sulfonamides is 1. The molecular weight excluding hydrogens is 454 g/mol. The Morgan fingerprint density at radius 1 is 1.30 bits per heavy atom. The number of nitro benzene ring substituents is 1. The summed E-state index contributed by atoms with van der Waals surface area (Å²) in [5, 5.41) is 18.3. The molecule has 2 rings (SSSR count). The molecular formula is C20H29N5O7S. The van der Waals surface area contributed by atoms with Crippen LogP contribution in [0.2, 0.25) is 0 Å². The monoisotopic (exact) mass is 483 g/mol. The number of hydrogen-bond donors (Lipinski definition) is 2. The highest BCUT2D eigenvalue weighted by Gasteiger charge is 2.27. The van der Waals surface area contributed by atoms with Crippen LogP contribution in [0.3, 0.4) is 0 Å². The van der Waals surface area contributed by atoms with E-state index >= 15 is 0 Å². The molecule has 2 aromatic rings. The van der Waals surface area contributed by atoms with Gasteiger partial charge in [0.15, 0.2) is 5.69 Å². The maximum absolute atomic E-state index is 12.9. The largest absolute Gasteiger partial charge is 0.438 e. The number of carbonyl (C=O) groups excluding carboxylic acids is 1. The summed E-state index contributed by atoms with van der Waals surface area (Å²) >= 11 is 0. The van der Waals surface area contributed by atoms with Gasteiger partial charge in [0.25, 0.3) is 11.6 Å². The number of benzene rings is 1. The molecule has 2 N–H and O–H groups in total. The highest BCUT2D eigenvalue weighted by molar-refractivity contribution is 7.89. The van der Waals surface area contributed by atoms with Crippen molar-refractivity contribution in [2.45, 2.75) is 45.1 Å². The average Bonchev–Trinajstić information content (AvgIpc) is 3.08. The van der Waals surface area contributed by atoms with Gasteiger partial charge in [-0.15, -0.1) is 0 Å². The fourth-order valence-electron chi connectivity index (χ4n) is 2.88. The van der Waals surface area contributed by atoms with Gasteiger partial charge in [0.2, 0.25) is 15.9 Å². The summed E-state index contributed by atoms with van der Waals surface area (Å²) in [6.07, 6.45) is 0.749. The summed E-state index contributed by atoms with van der Waals surface area (Å²) in [5.74, 6) is -0.360. The van der Waals surface area contributed by atoms with Crippen molar-refractivity contribution in [1.82, 2.24) is 19.8 Å². The van der Waals surface area contributed by atoms with E-state index in [9.17, 15) is 23.3 Å². The van der Waals surface area contributed by atoms with E-state index in [2.05, 4.69) is 15.1 Å². The molecule has 0 unspecified atom stereocenters. The van der Waals surface area contributed by atoms with Crippen LogP contribution in [0.5, 0.6) is 11.6 Å². The molecule has 0 radical (unpaired) electrons. The third kappa shape index (κ3) is 6.27. The molecule has 0 aliphatic rings. The minimum atomic E-state index is -4.18. The maximum atomic E-state index is 12.9. The van der Waals surface area contributed by atoms with E-state index in [1.54, 1.807) is 6.92 Å². The van der Waals surface area contributed by atoms with Gasteiger partial charge in [-0.3, -0.25) is 14.9 Å². The lowest BCUT2D eigenvalue weighted by molar-refractivity contribution is -0.385. The first-order valence-electron chi connectivity index (χ1n) is 10.4. The van der Waals surface area contributed by atoms with E-state index in [1.807, 2.05) is 20.8 Å². The zero-order valence-corrected chi connectivity index (χ0v) is 20.1. The molecule has 0 fully saturated rings. The quantitative estimate of drug-likeness (QED) is 0.265. The van der Waals surface area contributed by atoms with Crippen molar-refractivity contribution in [1.29, 1.82) is 0 Å². The van der Waals surface area contributed by atoms with Gasteiger partial charge in [0.05, 0.1) is 17.6 Å². The predicted octanol–water partition coefficient (Wildman–Crippen LogP) is 2.54. The number of aromatic nitrogens is 2. The number of nitro groups is 1. The number of carbonyl (C=O) groups is 1. The van der Waals surface area contributed by atoms with E-state index in [-0.39, 0.29) is 42.4 Å². The molecule has 0 atom stereocenters. The van der Waals surface area contributed by atoms with E-state index in [1.165, 1.54) is 17.9 Å². The summed E-state index contributed by atoms with van der Waals surface area (Å²) in [6, 6.07) is 3.05. The molecule has 13 heteroatoms. The van der Waals surface area contributed by atoms with Crippen molar-refractivity contribution >= 4 is 21.6 Å². The number of ether oxygens (including phenoxy) is 2. The Kier molecular flexibility index (Phi) is 8.91. The number of non-ortho nitro benzene ring substituents is 1. The van der Waals surface area contributed by atoms with Crippen LogP contribution in [0.15, 0.2) is 23.1 Å². The zero-order chi connectivity index (χ0) is 24.8. The zero-order valence-electron chi connectivity index (χ0n) is 19.2. The molecule has 1 amide bonds. The molecule has 1 aromatic heterocycles. The van der Waals surface area contributed by atoms with Crippen molar-refractivity contribution in [2.24, 2.45) is 0 Å². The lowest BCUT2D eigenvalue weighted by atomic mass is 10.2. The first kappa shape index (κ1) is 26.2. The second-order valence-corrected chi connectivity index (χ2v) is 9.19. The second kappa shape index (κ2) is 11.2. The topological polar surface area (TPSA) is 155 Å². The van der Waals surface area contributed by atoms with Crippen LogP contribution in [-0.4, -0.2) is 55.8 Å². The summed E-state index contributed by atoms with van der Waals surface area (Å²) in [7, 11) is -2.76. The Hall–Kier alpha value is -3.03. The van der Waals surface area contributed by atoms with Gasteiger partial charge in [-0.05, 0) is 33.3 Å². The van der Waals surface area contributed by atoms with Crippen LogP contribution in [-0.2, 0) is 14.8 Å². The van der Waals surface area contributed by atoms with Gasteiger partial charge >= 0.3 is 0 Å². The van der Waals surface area contributed by atoms with E-state index in [4.69, 9.17) is 9.47 Å². The third-order valence-corrected chi connectivity index (χ3v) is 6.05. The second-order valence-electron chi connectivity index (χ2n) is 7.45. The summed E-state index contributed by atoms with van der Waals surface area (Å²) < 4.78 is 40.3. The third-order valence-electron chi connectivity index (χ3n) is 4.56. The Balaban J connectivity index is 2.57. The van der Waals surface area contributed by atoms with Crippen molar-refractivity contribution < 1.29 is 27.6 Å². The Bertz CT molecular complexity index is 1110. The van der Waals surface area contributed by atoms with Crippen LogP contribution < -0.4 is 14.8 Å². The van der Waals surface area contributed by atoms with Crippen LogP contribution in [0.1, 0.15) is 49.3 Å². The molecule has 182 valence electrons. The van der Waals surface area contributed by atoms with E-state index in [0.717, 1.165) is 18.6 Å². The molecule has 0 aliphatic carbocycles. The summed E-state index contributed by atoms with van der Waals surface area (Å²) in [6.45, 7) is 7.76. The minimum absolute atomic E-state index is 0.0360. The van der Waals surface area contributed by atoms with Crippen molar-refractivity contribution in [3.8, 4) is 11.6 Å². The first-order valence-corrected chi connectivity index (χ1v) is 11.8. The molecule has 12 nitrogen and oxygen atoms in total. The number of amides is 1. The van der Waals surface area contributed by atoms with Gasteiger partial charge in [0.1, 0.15) is 10.6 Å². The van der Waals surface area contributed by atoms with Crippen molar-refractivity contribution in [3.63, 3.8) is 0 Å². The van der Waals surface area contributed by atoms with Gasteiger partial charge in [-0.2, -0.15) is 5.10 Å². The fraction of sp³-hybridized carbons (Fsp3) is 0.500. The number of nitrogens with zero attached hydrogens (tertiary/aromatic N) is 3. The Labute approximate surface area is 192 Å². The standard InChI is InChI=1S/C20H29N5O7S/c1-6-9-21-19(26)18-14(4)20(24(23-18)13(2)3)32-16-8-7-15(25(27)28)12-17(16)33(29,30)22-10-11-31-5/h7-8,12-13,22H,6,9-11H2,1-5H3,(H,21,26). The lowest BCUT2D eigenvalue weighted by Gasteiger charge is -2.15. The molecule has 0 bridgehead atoms. The van der Waals surface area contributed by atoms with Crippen LogP contribution in [0, 0.1) is 17.0 Å². The Morgan fingerprint density at radius 2 is 2.00 bits per heavy atom. The molecule has 0 saturated heterocycles. The smallest absolute Gasteiger partial charge is 0.272 e. The van der Waals surface area contributed by atoms with Gasteiger partial charge in [-0.25, -0.2) is 17.8 Å². The number of methoxy groups -OCH3 is 1. The van der Waals surface area contributed by atoms with Gasteiger partial charge in [-0.1, -0.05) is 6.92 Å². The molecule has 1 aromatic carbocycles. The van der Waals surface area contributed by atoms with Crippen LogP contribution in [0.4, 0.5) is 5.69 Å². The average molecular weight is 484 g/mol.